The van der Waals surface area contributed by atoms with Crippen LogP contribution in [0.2, 0.25) is 0 Å². The second-order valence-corrected chi connectivity index (χ2v) is 4.99. The van der Waals surface area contributed by atoms with E-state index in [4.69, 9.17) is 0 Å². The number of rotatable bonds is 6. The molecule has 0 bridgehead atoms. The molecule has 2 rings (SSSR count). The van der Waals surface area contributed by atoms with Gasteiger partial charge in [-0.1, -0.05) is 13.3 Å². The first-order valence-corrected chi connectivity index (χ1v) is 7.45. The molecule has 1 aliphatic heterocycles. The highest BCUT2D eigenvalue weighted by molar-refractivity contribution is 5.47. The van der Waals surface area contributed by atoms with Crippen LogP contribution in [-0.4, -0.2) is 34.6 Å². The molecule has 0 unspecified atom stereocenters. The quantitative estimate of drug-likeness (QED) is 0.826. The van der Waals surface area contributed by atoms with Gasteiger partial charge in [0.1, 0.15) is 17.5 Å². The van der Waals surface area contributed by atoms with Gasteiger partial charge >= 0.3 is 0 Å². The Balaban J connectivity index is 2.08. The van der Waals surface area contributed by atoms with Crippen molar-refractivity contribution in [2.45, 2.75) is 46.0 Å². The maximum Gasteiger partial charge on any atom is 0.146 e. The van der Waals surface area contributed by atoms with Crippen LogP contribution in [0.25, 0.3) is 0 Å². The molecule has 0 aliphatic carbocycles. The van der Waals surface area contributed by atoms with Crippen LogP contribution in [0, 0.1) is 0 Å². The summed E-state index contributed by atoms with van der Waals surface area (Å²) in [5, 5.41) is 5.54. The summed E-state index contributed by atoms with van der Waals surface area (Å²) in [6.07, 6.45) is 5.86. The van der Waals surface area contributed by atoms with E-state index >= 15 is 0 Å². The van der Waals surface area contributed by atoms with Crippen molar-refractivity contribution in [2.75, 3.05) is 30.4 Å². The predicted molar refractivity (Wildman–Crippen MR) is 79.2 cm³/mol. The van der Waals surface area contributed by atoms with Gasteiger partial charge < -0.3 is 10.7 Å². The fourth-order valence-electron chi connectivity index (χ4n) is 2.33. The largest absolute Gasteiger partial charge is 0.370 e. The van der Waals surface area contributed by atoms with Crippen molar-refractivity contribution in [3.05, 3.63) is 11.9 Å². The number of piperidine rings is 1. The van der Waals surface area contributed by atoms with E-state index in [1.165, 1.54) is 19.3 Å². The van der Waals surface area contributed by atoms with E-state index in [0.717, 1.165) is 49.9 Å². The molecular formula is C14H25N5. The lowest BCUT2D eigenvalue weighted by Gasteiger charge is -2.27. The van der Waals surface area contributed by atoms with Crippen LogP contribution < -0.4 is 10.7 Å². The third-order valence-corrected chi connectivity index (χ3v) is 3.23. The maximum absolute atomic E-state index is 4.60. The fraction of sp³-hybridized carbons (Fsp3) is 0.714. The molecule has 0 aromatic carbocycles. The van der Waals surface area contributed by atoms with Gasteiger partial charge in [0.15, 0.2) is 0 Å². The highest BCUT2D eigenvalue weighted by atomic mass is 15.5. The Kier molecular flexibility index (Phi) is 5.39. The molecule has 1 saturated heterocycles. The van der Waals surface area contributed by atoms with Crippen molar-refractivity contribution in [3.63, 3.8) is 0 Å². The predicted octanol–water partition coefficient (Wildman–Crippen LogP) is 2.67. The van der Waals surface area contributed by atoms with E-state index in [9.17, 15) is 0 Å². The average molecular weight is 263 g/mol. The summed E-state index contributed by atoms with van der Waals surface area (Å²) in [6.45, 7) is 7.32. The fourth-order valence-corrected chi connectivity index (χ4v) is 2.33. The molecule has 106 valence electrons. The number of aromatic nitrogens is 2. The SMILES string of the molecule is CCCc1nc(NCC)cc(NN2CCCCC2)n1. The third-order valence-electron chi connectivity index (χ3n) is 3.23. The summed E-state index contributed by atoms with van der Waals surface area (Å²) in [7, 11) is 0. The third kappa shape index (κ3) is 4.35. The van der Waals surface area contributed by atoms with Crippen LogP contribution in [-0.2, 0) is 6.42 Å². The van der Waals surface area contributed by atoms with E-state index in [0.29, 0.717) is 0 Å². The number of hydrogen-bond acceptors (Lipinski definition) is 5. The van der Waals surface area contributed by atoms with Gasteiger partial charge in [-0.25, -0.2) is 15.0 Å². The minimum atomic E-state index is 0.881. The van der Waals surface area contributed by atoms with Crippen LogP contribution >= 0.6 is 0 Å². The van der Waals surface area contributed by atoms with Crippen LogP contribution in [0.3, 0.4) is 0 Å². The van der Waals surface area contributed by atoms with Crippen molar-refractivity contribution in [2.24, 2.45) is 0 Å². The maximum atomic E-state index is 4.60. The summed E-state index contributed by atoms with van der Waals surface area (Å²) in [5.41, 5.74) is 3.42. The summed E-state index contributed by atoms with van der Waals surface area (Å²) >= 11 is 0. The topological polar surface area (TPSA) is 53.1 Å². The zero-order valence-electron chi connectivity index (χ0n) is 12.1. The Morgan fingerprint density at radius 3 is 2.53 bits per heavy atom. The molecule has 19 heavy (non-hydrogen) atoms. The summed E-state index contributed by atoms with van der Waals surface area (Å²) < 4.78 is 0. The van der Waals surface area contributed by atoms with Crippen LogP contribution in [0.4, 0.5) is 11.6 Å². The van der Waals surface area contributed by atoms with Crippen molar-refractivity contribution < 1.29 is 0 Å². The first-order valence-electron chi connectivity index (χ1n) is 7.45. The average Bonchev–Trinajstić information content (AvgIpc) is 2.40. The summed E-state index contributed by atoms with van der Waals surface area (Å²) in [5.74, 6) is 2.75. The van der Waals surface area contributed by atoms with Gasteiger partial charge in [0.25, 0.3) is 0 Å². The molecule has 5 nitrogen and oxygen atoms in total. The standard InChI is InChI=1S/C14H25N5/c1-3-8-12-16-13(15-4-2)11-14(17-12)18-19-9-6-5-7-10-19/h11H,3-10H2,1-2H3,(H2,15,16,17,18). The Hall–Kier alpha value is -1.36. The molecule has 0 amide bonds. The zero-order valence-corrected chi connectivity index (χ0v) is 12.1. The van der Waals surface area contributed by atoms with Crippen LogP contribution in [0.5, 0.6) is 0 Å². The Bertz CT molecular complexity index is 363. The zero-order chi connectivity index (χ0) is 13.5. The number of nitrogens with one attached hydrogen (secondary N) is 2. The second-order valence-electron chi connectivity index (χ2n) is 4.99. The first kappa shape index (κ1) is 14.1. The highest BCUT2D eigenvalue weighted by Gasteiger charge is 2.11. The Morgan fingerprint density at radius 1 is 1.11 bits per heavy atom. The molecule has 0 spiro atoms. The minimum Gasteiger partial charge on any atom is -0.370 e. The van der Waals surface area contributed by atoms with Gasteiger partial charge in [0.2, 0.25) is 0 Å². The molecule has 1 aliphatic rings. The molecule has 1 aromatic heterocycles. The number of anilines is 2. The van der Waals surface area contributed by atoms with Gasteiger partial charge in [0, 0.05) is 32.1 Å². The number of hydrogen-bond donors (Lipinski definition) is 2. The molecule has 0 atom stereocenters. The van der Waals surface area contributed by atoms with Crippen LogP contribution in [0.15, 0.2) is 6.07 Å². The monoisotopic (exact) mass is 263 g/mol. The van der Waals surface area contributed by atoms with Gasteiger partial charge in [0.05, 0.1) is 0 Å². The van der Waals surface area contributed by atoms with Crippen molar-refractivity contribution in [1.29, 1.82) is 0 Å². The van der Waals surface area contributed by atoms with E-state index < -0.39 is 0 Å². The number of hydrazine groups is 1. The lowest BCUT2D eigenvalue weighted by Crippen LogP contribution is -2.35. The highest BCUT2D eigenvalue weighted by Crippen LogP contribution is 2.15. The van der Waals surface area contributed by atoms with Gasteiger partial charge in [-0.15, -0.1) is 0 Å². The summed E-state index contributed by atoms with van der Waals surface area (Å²) in [4.78, 5) is 9.12. The van der Waals surface area contributed by atoms with E-state index in [2.05, 4.69) is 39.6 Å². The van der Waals surface area contributed by atoms with Gasteiger partial charge in [-0.2, -0.15) is 0 Å². The van der Waals surface area contributed by atoms with Gasteiger partial charge in [-0.3, -0.25) is 0 Å². The lowest BCUT2D eigenvalue weighted by atomic mass is 10.2. The second kappa shape index (κ2) is 7.28. The Labute approximate surface area is 115 Å². The summed E-state index contributed by atoms with van der Waals surface area (Å²) in [6, 6.07) is 2.00. The van der Waals surface area contributed by atoms with E-state index in [1.54, 1.807) is 0 Å². The normalized spacial score (nSPS) is 16.3. The smallest absolute Gasteiger partial charge is 0.146 e. The Morgan fingerprint density at radius 2 is 1.84 bits per heavy atom. The molecule has 0 radical (unpaired) electrons. The molecule has 1 aromatic rings. The first-order chi connectivity index (χ1) is 9.31. The molecular weight excluding hydrogens is 238 g/mol. The van der Waals surface area contributed by atoms with Crippen molar-refractivity contribution in [3.8, 4) is 0 Å². The molecule has 2 N–H and O–H groups in total. The minimum absolute atomic E-state index is 0.881. The molecule has 1 fully saturated rings. The molecule has 2 heterocycles. The van der Waals surface area contributed by atoms with Gasteiger partial charge in [-0.05, 0) is 26.2 Å². The lowest BCUT2D eigenvalue weighted by molar-refractivity contribution is 0.272. The van der Waals surface area contributed by atoms with E-state index in [-0.39, 0.29) is 0 Å². The number of aryl methyl sites for hydroxylation is 1. The molecule has 0 saturated carbocycles. The number of nitrogens with zero attached hydrogens (tertiary/aromatic N) is 3. The van der Waals surface area contributed by atoms with E-state index in [1.807, 2.05) is 6.07 Å². The van der Waals surface area contributed by atoms with Crippen molar-refractivity contribution >= 4 is 11.6 Å². The van der Waals surface area contributed by atoms with Crippen LogP contribution in [0.1, 0.15) is 45.4 Å². The molecule has 5 heteroatoms. The van der Waals surface area contributed by atoms with Crippen molar-refractivity contribution in [1.82, 2.24) is 15.0 Å².